The molecule has 0 saturated carbocycles. The lowest BCUT2D eigenvalue weighted by molar-refractivity contribution is -0.138. The van der Waals surface area contributed by atoms with Crippen LogP contribution in [0.15, 0.2) is 110 Å². The highest BCUT2D eigenvalue weighted by Gasteiger charge is 2.35. The second kappa shape index (κ2) is 16.9. The third-order valence-corrected chi connectivity index (χ3v) is 9.06. The van der Waals surface area contributed by atoms with Gasteiger partial charge in [0, 0.05) is 56.1 Å². The van der Waals surface area contributed by atoms with Crippen LogP contribution in [-0.4, -0.2) is 29.1 Å². The van der Waals surface area contributed by atoms with Crippen molar-refractivity contribution in [2.24, 2.45) is 11.5 Å². The molecule has 0 atom stereocenters. The highest BCUT2D eigenvalue weighted by Crippen LogP contribution is 2.46. The van der Waals surface area contributed by atoms with E-state index in [1.165, 1.54) is 31.4 Å². The molecular formula is C43H29ClF8N2O5. The molecule has 7 nitrogen and oxygen atoms in total. The van der Waals surface area contributed by atoms with Gasteiger partial charge in [0.05, 0.1) is 18.2 Å². The number of primary amides is 2. The van der Waals surface area contributed by atoms with Gasteiger partial charge in [-0.2, -0.15) is 26.3 Å². The number of rotatable bonds is 8. The SMILES string of the molecule is C=Cc1ccccc1-c1c(C(N)=O)cc(C(F)(F)F)cc1-c1ccc(O)cc1F.COc1ccc(Cl)cc1-c1c(C(N)=O)cc(C(F)(F)F)cc1-c1ccc(O)cc1F. The van der Waals surface area contributed by atoms with Gasteiger partial charge >= 0.3 is 12.4 Å². The Hall–Kier alpha value is -6.87. The first-order valence-corrected chi connectivity index (χ1v) is 17.2. The smallest absolute Gasteiger partial charge is 0.416 e. The minimum atomic E-state index is -4.83. The topological polar surface area (TPSA) is 136 Å². The van der Waals surface area contributed by atoms with Crippen LogP contribution in [-0.2, 0) is 12.4 Å². The number of methoxy groups -OCH3 is 1. The fraction of sp³-hybridized carbons (Fsp3) is 0.0698. The second-order valence-corrected chi connectivity index (χ2v) is 13.0. The fourth-order valence-corrected chi connectivity index (χ4v) is 6.40. The van der Waals surface area contributed by atoms with E-state index >= 15 is 0 Å². The monoisotopic (exact) mass is 840 g/mol. The van der Waals surface area contributed by atoms with Crippen molar-refractivity contribution >= 4 is 29.5 Å². The van der Waals surface area contributed by atoms with Crippen LogP contribution >= 0.6 is 11.6 Å². The molecule has 0 aliphatic rings. The normalized spacial score (nSPS) is 11.4. The Labute approximate surface area is 335 Å². The van der Waals surface area contributed by atoms with E-state index in [9.17, 15) is 54.9 Å². The molecule has 0 aliphatic carbocycles. The van der Waals surface area contributed by atoms with Crippen molar-refractivity contribution in [3.63, 3.8) is 0 Å². The summed E-state index contributed by atoms with van der Waals surface area (Å²) < 4.78 is 115. The number of amides is 2. The van der Waals surface area contributed by atoms with E-state index in [1.54, 1.807) is 24.3 Å². The first-order valence-electron chi connectivity index (χ1n) is 16.8. The maximum Gasteiger partial charge on any atom is 0.416 e. The molecule has 304 valence electrons. The molecule has 0 bridgehead atoms. The van der Waals surface area contributed by atoms with Crippen LogP contribution in [0.4, 0.5) is 35.1 Å². The third kappa shape index (κ3) is 9.31. The summed E-state index contributed by atoms with van der Waals surface area (Å²) in [6, 6.07) is 19.6. The van der Waals surface area contributed by atoms with Crippen molar-refractivity contribution in [2.45, 2.75) is 12.4 Å². The molecule has 0 fully saturated rings. The summed E-state index contributed by atoms with van der Waals surface area (Å²) in [5.74, 6) is -4.81. The summed E-state index contributed by atoms with van der Waals surface area (Å²) in [5.41, 5.74) is 7.61. The van der Waals surface area contributed by atoms with Gasteiger partial charge in [-0.25, -0.2) is 8.78 Å². The number of ether oxygens (including phenoxy) is 1. The van der Waals surface area contributed by atoms with Gasteiger partial charge in [-0.05, 0) is 89.0 Å². The Kier molecular flexibility index (Phi) is 12.4. The van der Waals surface area contributed by atoms with Crippen LogP contribution in [0.5, 0.6) is 17.2 Å². The number of phenols is 2. The summed E-state index contributed by atoms with van der Waals surface area (Å²) in [7, 11) is 1.32. The Morgan fingerprint density at radius 2 is 1.08 bits per heavy atom. The fourth-order valence-electron chi connectivity index (χ4n) is 6.23. The van der Waals surface area contributed by atoms with Crippen molar-refractivity contribution in [3.8, 4) is 61.8 Å². The first kappa shape index (κ1) is 43.3. The van der Waals surface area contributed by atoms with Crippen LogP contribution < -0.4 is 16.2 Å². The Bertz CT molecular complexity index is 2630. The van der Waals surface area contributed by atoms with Crippen LogP contribution in [0.3, 0.4) is 0 Å². The van der Waals surface area contributed by atoms with Gasteiger partial charge in [-0.15, -0.1) is 0 Å². The molecule has 0 unspecified atom stereocenters. The number of benzene rings is 6. The highest BCUT2D eigenvalue weighted by molar-refractivity contribution is 6.31. The van der Waals surface area contributed by atoms with Gasteiger partial charge in [0.1, 0.15) is 28.9 Å². The van der Waals surface area contributed by atoms with E-state index in [4.69, 9.17) is 27.8 Å². The quantitative estimate of drug-likeness (QED) is 0.113. The third-order valence-electron chi connectivity index (χ3n) is 8.83. The Balaban J connectivity index is 0.000000224. The zero-order valence-corrected chi connectivity index (χ0v) is 31.0. The van der Waals surface area contributed by atoms with Crippen molar-refractivity contribution in [1.29, 1.82) is 0 Å². The molecule has 0 aromatic heterocycles. The molecule has 6 rings (SSSR count). The molecular weight excluding hydrogens is 812 g/mol. The van der Waals surface area contributed by atoms with E-state index in [0.29, 0.717) is 29.3 Å². The van der Waals surface area contributed by atoms with Crippen LogP contribution in [0.1, 0.15) is 37.4 Å². The minimum Gasteiger partial charge on any atom is -0.508 e. The molecule has 6 aromatic rings. The molecule has 6 N–H and O–H groups in total. The number of nitrogens with two attached hydrogens (primary N) is 2. The standard InChI is InChI=1S/C22H15F4NO2.C21H14ClF4NO3/c1-2-12-5-3-4-6-15(12)20-17(16-8-7-14(28)11-19(16)23)9-13(22(24,25)26)10-18(20)21(27)29;1-30-18-5-2-11(22)8-15(18)19-14(13-4-3-12(28)9-17(13)23)6-10(21(24,25)26)7-16(19)20(27)29/h2-11,28H,1H2,(H2,27,29);2-9,28H,1H3,(H2,27,29). The maximum atomic E-state index is 14.6. The van der Waals surface area contributed by atoms with Crippen molar-refractivity contribution < 1.29 is 59.7 Å². The number of aromatic hydroxyl groups is 2. The lowest BCUT2D eigenvalue weighted by atomic mass is 9.86. The number of halogens is 9. The predicted molar refractivity (Wildman–Crippen MR) is 207 cm³/mol. The van der Waals surface area contributed by atoms with Crippen molar-refractivity contribution in [2.75, 3.05) is 7.11 Å². The molecule has 0 heterocycles. The van der Waals surface area contributed by atoms with Gasteiger partial charge in [-0.3, -0.25) is 9.59 Å². The van der Waals surface area contributed by atoms with E-state index in [1.807, 2.05) is 0 Å². The summed E-state index contributed by atoms with van der Waals surface area (Å²) in [4.78, 5) is 24.2. The van der Waals surface area contributed by atoms with Crippen molar-refractivity contribution in [1.82, 2.24) is 0 Å². The van der Waals surface area contributed by atoms with Crippen molar-refractivity contribution in [3.05, 3.63) is 154 Å². The number of hydrogen-bond donors (Lipinski definition) is 4. The Morgan fingerprint density at radius 1 is 0.627 bits per heavy atom. The zero-order chi connectivity index (χ0) is 43.6. The molecule has 0 aliphatic heterocycles. The minimum absolute atomic E-state index is 0.0468. The molecule has 16 heteroatoms. The van der Waals surface area contributed by atoms with Gasteiger partial charge in [-0.1, -0.05) is 48.5 Å². The molecule has 0 spiro atoms. The average Bonchev–Trinajstić information content (AvgIpc) is 3.16. The predicted octanol–water partition coefficient (Wildman–Crippen LogP) is 11.3. The van der Waals surface area contributed by atoms with E-state index in [0.717, 1.165) is 42.5 Å². The van der Waals surface area contributed by atoms with Gasteiger partial charge in [0.25, 0.3) is 0 Å². The second-order valence-electron chi connectivity index (χ2n) is 12.6. The van der Waals surface area contributed by atoms with Crippen LogP contribution in [0.2, 0.25) is 5.02 Å². The van der Waals surface area contributed by atoms with E-state index in [-0.39, 0.29) is 55.5 Å². The largest absolute Gasteiger partial charge is 0.508 e. The van der Waals surface area contributed by atoms with E-state index < -0.39 is 63.8 Å². The summed E-state index contributed by atoms with van der Waals surface area (Å²) in [5, 5.41) is 19.2. The summed E-state index contributed by atoms with van der Waals surface area (Å²) >= 11 is 6.05. The van der Waals surface area contributed by atoms with Gasteiger partial charge in [0.2, 0.25) is 11.8 Å². The average molecular weight is 841 g/mol. The zero-order valence-electron chi connectivity index (χ0n) is 30.3. The van der Waals surface area contributed by atoms with Gasteiger partial charge < -0.3 is 26.4 Å². The molecule has 0 saturated heterocycles. The summed E-state index contributed by atoms with van der Waals surface area (Å²) in [6.45, 7) is 3.68. The maximum absolute atomic E-state index is 14.6. The lowest BCUT2D eigenvalue weighted by Crippen LogP contribution is -2.16. The summed E-state index contributed by atoms with van der Waals surface area (Å²) in [6.07, 6.45) is -8.15. The highest BCUT2D eigenvalue weighted by atomic mass is 35.5. The number of alkyl halides is 6. The number of carbonyl (C=O) groups excluding carboxylic acids is 2. The molecule has 59 heavy (non-hydrogen) atoms. The van der Waals surface area contributed by atoms with Crippen LogP contribution in [0, 0.1) is 11.6 Å². The molecule has 6 aromatic carbocycles. The van der Waals surface area contributed by atoms with Crippen LogP contribution in [0.25, 0.3) is 50.6 Å². The molecule has 0 radical (unpaired) electrons. The molecule has 2 amide bonds. The number of phenolic OH excluding ortho intramolecular Hbond substituents is 2. The van der Waals surface area contributed by atoms with Gasteiger partial charge in [0.15, 0.2) is 0 Å². The first-order chi connectivity index (χ1) is 27.7. The number of carbonyl (C=O) groups is 2. The lowest BCUT2D eigenvalue weighted by Gasteiger charge is -2.20. The van der Waals surface area contributed by atoms with E-state index in [2.05, 4.69) is 6.58 Å². The Morgan fingerprint density at radius 3 is 1.49 bits per heavy atom. The number of hydrogen-bond acceptors (Lipinski definition) is 5.